The number of hydrogen-bond acceptors (Lipinski definition) is 3. The Labute approximate surface area is 131 Å². The second-order valence-corrected chi connectivity index (χ2v) is 6.65. The van der Waals surface area contributed by atoms with Crippen LogP contribution < -0.4 is 5.32 Å². The molecule has 0 bridgehead atoms. The number of aryl methyl sites for hydroxylation is 1. The van der Waals surface area contributed by atoms with Gasteiger partial charge in [-0.3, -0.25) is 9.59 Å². The Kier molecular flexibility index (Phi) is 4.90. The minimum atomic E-state index is -0.497. The first-order chi connectivity index (χ1) is 10.3. The number of carbonyl (C=O) groups excluding carboxylic acids is 2. The monoisotopic (exact) mass is 307 g/mol. The fraction of sp³-hybridized carbons (Fsp3) is 0.625. The van der Waals surface area contributed by atoms with Crippen LogP contribution in [-0.4, -0.2) is 47.6 Å². The summed E-state index contributed by atoms with van der Waals surface area (Å²) in [5, 5.41) is 2.72. The van der Waals surface area contributed by atoms with E-state index in [2.05, 4.69) is 5.32 Å². The molecule has 6 heteroatoms. The van der Waals surface area contributed by atoms with Crippen LogP contribution >= 0.6 is 0 Å². The molecule has 1 aromatic rings. The van der Waals surface area contributed by atoms with Gasteiger partial charge in [0.2, 0.25) is 11.8 Å². The Morgan fingerprint density at radius 3 is 2.73 bits per heavy atom. The summed E-state index contributed by atoms with van der Waals surface area (Å²) in [5.41, 5.74) is 0.540. The minimum Gasteiger partial charge on any atom is -0.377 e. The lowest BCUT2D eigenvalue weighted by Crippen LogP contribution is -2.49. The molecule has 122 valence electrons. The molecule has 0 radical (unpaired) electrons. The van der Waals surface area contributed by atoms with Gasteiger partial charge in [0.25, 0.3) is 0 Å². The maximum Gasteiger partial charge on any atom is 0.242 e. The number of hydrogen-bond donors (Lipinski definition) is 1. The van der Waals surface area contributed by atoms with E-state index >= 15 is 0 Å². The molecule has 1 N–H and O–H groups in total. The average molecular weight is 307 g/mol. The molecule has 0 saturated carbocycles. The molecule has 0 unspecified atom stereocenters. The summed E-state index contributed by atoms with van der Waals surface area (Å²) in [7, 11) is 1.95. The summed E-state index contributed by atoms with van der Waals surface area (Å²) < 4.78 is 7.52. The maximum atomic E-state index is 12.5. The first-order valence-electron chi connectivity index (χ1n) is 7.57. The smallest absolute Gasteiger partial charge is 0.242 e. The van der Waals surface area contributed by atoms with Crippen molar-refractivity contribution in [1.82, 2.24) is 14.8 Å². The zero-order valence-electron chi connectivity index (χ0n) is 13.8. The van der Waals surface area contributed by atoms with E-state index in [1.165, 1.54) is 0 Å². The van der Waals surface area contributed by atoms with Crippen molar-refractivity contribution in [1.29, 1.82) is 0 Å². The van der Waals surface area contributed by atoms with Gasteiger partial charge < -0.3 is 19.5 Å². The molecule has 1 atom stereocenters. The molecule has 2 heterocycles. The summed E-state index contributed by atoms with van der Waals surface area (Å²) in [6.45, 7) is 7.06. The van der Waals surface area contributed by atoms with E-state index < -0.39 is 5.41 Å². The first-order valence-corrected chi connectivity index (χ1v) is 7.57. The largest absolute Gasteiger partial charge is 0.377 e. The fourth-order valence-electron chi connectivity index (χ4n) is 2.49. The molecular weight excluding hydrogens is 282 g/mol. The highest BCUT2D eigenvalue weighted by Crippen LogP contribution is 2.24. The zero-order chi connectivity index (χ0) is 16.3. The van der Waals surface area contributed by atoms with E-state index in [4.69, 9.17) is 4.74 Å². The van der Waals surface area contributed by atoms with Crippen LogP contribution in [0.5, 0.6) is 0 Å². The predicted octanol–water partition coefficient (Wildman–Crippen LogP) is 1.09. The molecule has 2 amide bonds. The van der Waals surface area contributed by atoms with Crippen LogP contribution in [0.25, 0.3) is 0 Å². The number of amides is 2. The molecule has 1 fully saturated rings. The second kappa shape index (κ2) is 6.52. The van der Waals surface area contributed by atoms with Gasteiger partial charge in [0.05, 0.1) is 25.8 Å². The SMILES string of the molecule is Cn1cccc1[C@H]1COCCN1C(=O)CNC(=O)C(C)(C)C. The van der Waals surface area contributed by atoms with Crippen molar-refractivity contribution in [2.24, 2.45) is 12.5 Å². The molecule has 1 aliphatic rings. The van der Waals surface area contributed by atoms with Gasteiger partial charge in [-0.05, 0) is 12.1 Å². The van der Waals surface area contributed by atoms with Crippen molar-refractivity contribution in [3.05, 3.63) is 24.0 Å². The lowest BCUT2D eigenvalue weighted by atomic mass is 9.96. The third kappa shape index (κ3) is 3.68. The van der Waals surface area contributed by atoms with Crippen LogP contribution in [0.3, 0.4) is 0 Å². The van der Waals surface area contributed by atoms with Crippen LogP contribution in [0.2, 0.25) is 0 Å². The Balaban J connectivity index is 2.03. The van der Waals surface area contributed by atoms with Gasteiger partial charge in [0.1, 0.15) is 0 Å². The fourth-order valence-corrected chi connectivity index (χ4v) is 2.49. The number of ether oxygens (including phenoxy) is 1. The lowest BCUT2D eigenvalue weighted by molar-refractivity contribution is -0.141. The number of morpholine rings is 1. The van der Waals surface area contributed by atoms with Crippen LogP contribution in [0, 0.1) is 5.41 Å². The van der Waals surface area contributed by atoms with Crippen LogP contribution in [0.4, 0.5) is 0 Å². The van der Waals surface area contributed by atoms with Crippen LogP contribution in [-0.2, 0) is 21.4 Å². The van der Waals surface area contributed by atoms with E-state index in [0.717, 1.165) is 5.69 Å². The normalized spacial score (nSPS) is 19.1. The number of nitrogens with zero attached hydrogens (tertiary/aromatic N) is 2. The summed E-state index contributed by atoms with van der Waals surface area (Å²) in [5.74, 6) is -0.198. The molecule has 1 aromatic heterocycles. The minimum absolute atomic E-state index is 0.0248. The number of nitrogens with one attached hydrogen (secondary N) is 1. The summed E-state index contributed by atoms with van der Waals surface area (Å²) in [4.78, 5) is 26.2. The molecular formula is C16H25N3O3. The van der Waals surface area contributed by atoms with Gasteiger partial charge >= 0.3 is 0 Å². The topological polar surface area (TPSA) is 63.6 Å². The standard InChI is InChI=1S/C16H25N3O3/c1-16(2,3)15(21)17-10-14(20)19-8-9-22-11-13(19)12-6-5-7-18(12)4/h5-7,13H,8-11H2,1-4H3,(H,17,21)/t13-/m1/s1. The highest BCUT2D eigenvalue weighted by molar-refractivity contribution is 5.87. The summed E-state index contributed by atoms with van der Waals surface area (Å²) >= 11 is 0. The summed E-state index contributed by atoms with van der Waals surface area (Å²) in [6, 6.07) is 3.84. The Morgan fingerprint density at radius 2 is 2.14 bits per heavy atom. The van der Waals surface area contributed by atoms with Crippen molar-refractivity contribution < 1.29 is 14.3 Å². The Bertz CT molecular complexity index is 545. The average Bonchev–Trinajstić information content (AvgIpc) is 2.89. The van der Waals surface area contributed by atoms with Crippen molar-refractivity contribution in [2.75, 3.05) is 26.3 Å². The van der Waals surface area contributed by atoms with Crippen molar-refractivity contribution in [2.45, 2.75) is 26.8 Å². The highest BCUT2D eigenvalue weighted by atomic mass is 16.5. The lowest BCUT2D eigenvalue weighted by Gasteiger charge is -2.36. The molecule has 1 aliphatic heterocycles. The van der Waals surface area contributed by atoms with Gasteiger partial charge in [-0.1, -0.05) is 20.8 Å². The predicted molar refractivity (Wildman–Crippen MR) is 83.2 cm³/mol. The van der Waals surface area contributed by atoms with Crippen molar-refractivity contribution in [3.63, 3.8) is 0 Å². The molecule has 0 aromatic carbocycles. The Hall–Kier alpha value is -1.82. The van der Waals surface area contributed by atoms with E-state index in [0.29, 0.717) is 19.8 Å². The number of aromatic nitrogens is 1. The van der Waals surface area contributed by atoms with E-state index in [9.17, 15) is 9.59 Å². The van der Waals surface area contributed by atoms with Crippen LogP contribution in [0.1, 0.15) is 32.5 Å². The molecule has 22 heavy (non-hydrogen) atoms. The molecule has 6 nitrogen and oxygen atoms in total. The van der Waals surface area contributed by atoms with Gasteiger partial charge in [-0.15, -0.1) is 0 Å². The van der Waals surface area contributed by atoms with E-state index in [1.807, 2.05) is 50.7 Å². The Morgan fingerprint density at radius 1 is 1.41 bits per heavy atom. The third-order valence-electron chi connectivity index (χ3n) is 3.86. The van der Waals surface area contributed by atoms with E-state index in [1.54, 1.807) is 4.90 Å². The summed E-state index contributed by atoms with van der Waals surface area (Å²) in [6.07, 6.45) is 1.95. The molecule has 0 spiro atoms. The van der Waals surface area contributed by atoms with Gasteiger partial charge in [-0.25, -0.2) is 0 Å². The van der Waals surface area contributed by atoms with Gasteiger partial charge in [0.15, 0.2) is 0 Å². The molecule has 0 aliphatic carbocycles. The van der Waals surface area contributed by atoms with Gasteiger partial charge in [0, 0.05) is 30.9 Å². The molecule has 2 rings (SSSR count). The zero-order valence-corrected chi connectivity index (χ0v) is 13.8. The van der Waals surface area contributed by atoms with Gasteiger partial charge in [-0.2, -0.15) is 0 Å². The number of rotatable bonds is 3. The first kappa shape index (κ1) is 16.5. The van der Waals surface area contributed by atoms with Crippen LogP contribution in [0.15, 0.2) is 18.3 Å². The third-order valence-corrected chi connectivity index (χ3v) is 3.86. The number of carbonyl (C=O) groups is 2. The van der Waals surface area contributed by atoms with Crippen molar-refractivity contribution >= 4 is 11.8 Å². The van der Waals surface area contributed by atoms with Crippen molar-refractivity contribution in [3.8, 4) is 0 Å². The second-order valence-electron chi connectivity index (χ2n) is 6.65. The maximum absolute atomic E-state index is 12.5. The van der Waals surface area contributed by atoms with E-state index in [-0.39, 0.29) is 24.4 Å². The molecule has 1 saturated heterocycles. The highest BCUT2D eigenvalue weighted by Gasteiger charge is 2.30. The quantitative estimate of drug-likeness (QED) is 0.909.